The van der Waals surface area contributed by atoms with Crippen LogP contribution in [0.3, 0.4) is 0 Å². The largest absolute Gasteiger partial charge is 0.463 e. The first kappa shape index (κ1) is 23.5. The van der Waals surface area contributed by atoms with Gasteiger partial charge in [-0.3, -0.25) is 9.78 Å². The minimum absolute atomic E-state index is 0.0355. The molecular formula is C25H17BrF3N3O2. The fourth-order valence-electron chi connectivity index (χ4n) is 3.78. The van der Waals surface area contributed by atoms with Crippen molar-refractivity contribution in [3.8, 4) is 6.07 Å². The van der Waals surface area contributed by atoms with Crippen LogP contribution in [0.2, 0.25) is 0 Å². The van der Waals surface area contributed by atoms with E-state index in [1.165, 1.54) is 48.7 Å². The third-order valence-electron chi connectivity index (χ3n) is 5.52. The van der Waals surface area contributed by atoms with E-state index in [9.17, 15) is 23.2 Å². The Balaban J connectivity index is 1.95. The number of allylic oxidation sites excluding steroid dienone is 1. The molecule has 0 aliphatic carbocycles. The minimum atomic E-state index is -4.97. The number of ether oxygens (including phenoxy) is 1. The summed E-state index contributed by atoms with van der Waals surface area (Å²) in [6, 6.07) is 18.1. The Morgan fingerprint density at radius 2 is 1.79 bits per heavy atom. The molecule has 1 aliphatic heterocycles. The SMILES string of the molecule is Cc1ccc([C@]2(C(F)(F)F)N/C(=C(/C#N)c3ccccn3)O[C@H]2C(=O)c2ccc(Br)cc2)cc1. The van der Waals surface area contributed by atoms with Crippen molar-refractivity contribution >= 4 is 27.3 Å². The molecule has 9 heteroatoms. The fourth-order valence-corrected chi connectivity index (χ4v) is 4.04. The van der Waals surface area contributed by atoms with E-state index in [4.69, 9.17) is 4.74 Å². The summed E-state index contributed by atoms with van der Waals surface area (Å²) in [6.07, 6.45) is -5.59. The maximum atomic E-state index is 14.9. The molecule has 1 saturated heterocycles. The van der Waals surface area contributed by atoms with Crippen LogP contribution in [0, 0.1) is 18.3 Å². The summed E-state index contributed by atoms with van der Waals surface area (Å²) in [4.78, 5) is 17.5. The van der Waals surface area contributed by atoms with Gasteiger partial charge in [-0.15, -0.1) is 0 Å². The Labute approximate surface area is 202 Å². The highest BCUT2D eigenvalue weighted by Gasteiger charge is 2.68. The molecule has 0 bridgehead atoms. The van der Waals surface area contributed by atoms with Crippen LogP contribution < -0.4 is 5.32 Å². The zero-order valence-electron chi connectivity index (χ0n) is 17.7. The molecular weight excluding hydrogens is 511 g/mol. The first-order chi connectivity index (χ1) is 16.2. The van der Waals surface area contributed by atoms with Gasteiger partial charge in [0, 0.05) is 16.2 Å². The van der Waals surface area contributed by atoms with E-state index < -0.39 is 29.5 Å². The second-order valence-electron chi connectivity index (χ2n) is 7.70. The van der Waals surface area contributed by atoms with Gasteiger partial charge in [-0.25, -0.2) is 0 Å². The smallest absolute Gasteiger partial charge is 0.419 e. The van der Waals surface area contributed by atoms with Crippen molar-refractivity contribution in [1.82, 2.24) is 10.3 Å². The molecule has 2 heterocycles. The van der Waals surface area contributed by atoms with Crippen molar-refractivity contribution in [2.24, 2.45) is 0 Å². The standard InChI is InChI=1S/C25H17BrF3N3O2/c1-15-5-9-17(10-6-15)24(25(27,28)29)22(21(33)16-7-11-18(26)12-8-16)34-23(32-24)19(14-30)20-4-2-3-13-31-20/h2-13,22,32H,1H3/b23-19+/t22-,24-/m0/s1. The van der Waals surface area contributed by atoms with Gasteiger partial charge in [0.05, 0.1) is 5.69 Å². The van der Waals surface area contributed by atoms with Gasteiger partial charge in [-0.1, -0.05) is 64.0 Å². The lowest BCUT2D eigenvalue weighted by Crippen LogP contribution is -2.58. The molecule has 1 aromatic heterocycles. The van der Waals surface area contributed by atoms with E-state index in [1.807, 2.05) is 6.07 Å². The number of Topliss-reactive ketones (excluding diaryl/α,β-unsaturated/α-hetero) is 1. The predicted molar refractivity (Wildman–Crippen MR) is 122 cm³/mol. The van der Waals surface area contributed by atoms with Crippen LogP contribution >= 0.6 is 15.9 Å². The van der Waals surface area contributed by atoms with Gasteiger partial charge in [-0.2, -0.15) is 18.4 Å². The Morgan fingerprint density at radius 1 is 1.12 bits per heavy atom. The molecule has 172 valence electrons. The second kappa shape index (κ2) is 8.95. The number of ketones is 1. The molecule has 0 amide bonds. The number of carbonyl (C=O) groups is 1. The lowest BCUT2D eigenvalue weighted by atomic mass is 9.80. The molecule has 34 heavy (non-hydrogen) atoms. The van der Waals surface area contributed by atoms with Crippen LogP contribution in [0.5, 0.6) is 0 Å². The third kappa shape index (κ3) is 4.05. The van der Waals surface area contributed by atoms with Crippen molar-refractivity contribution in [1.29, 1.82) is 5.26 Å². The number of nitrogens with one attached hydrogen (secondary N) is 1. The van der Waals surface area contributed by atoms with Crippen molar-refractivity contribution in [2.75, 3.05) is 0 Å². The second-order valence-corrected chi connectivity index (χ2v) is 8.61. The monoisotopic (exact) mass is 527 g/mol. The van der Waals surface area contributed by atoms with Gasteiger partial charge in [-0.05, 0) is 36.8 Å². The number of pyridine rings is 1. The fraction of sp³-hybridized carbons (Fsp3) is 0.160. The highest BCUT2D eigenvalue weighted by Crippen LogP contribution is 2.49. The van der Waals surface area contributed by atoms with Gasteiger partial charge in [0.1, 0.15) is 11.6 Å². The lowest BCUT2D eigenvalue weighted by Gasteiger charge is -2.34. The van der Waals surface area contributed by atoms with Gasteiger partial charge in [0.25, 0.3) is 0 Å². The van der Waals surface area contributed by atoms with Crippen molar-refractivity contribution in [2.45, 2.75) is 24.7 Å². The zero-order chi connectivity index (χ0) is 24.5. The molecule has 2 atom stereocenters. The quantitative estimate of drug-likeness (QED) is 0.349. The van der Waals surface area contributed by atoms with E-state index >= 15 is 0 Å². The number of aromatic nitrogens is 1. The van der Waals surface area contributed by atoms with Crippen LogP contribution in [0.4, 0.5) is 13.2 Å². The van der Waals surface area contributed by atoms with Crippen molar-refractivity contribution in [3.05, 3.63) is 106 Å². The summed E-state index contributed by atoms with van der Waals surface area (Å²) in [5.41, 5.74) is -2.49. The van der Waals surface area contributed by atoms with Crippen LogP contribution in [0.15, 0.2) is 83.3 Å². The Kier molecular flexibility index (Phi) is 6.19. The summed E-state index contributed by atoms with van der Waals surface area (Å²) in [7, 11) is 0. The molecule has 2 aromatic carbocycles. The molecule has 0 spiro atoms. The van der Waals surface area contributed by atoms with E-state index in [2.05, 4.69) is 26.2 Å². The Bertz CT molecular complexity index is 1280. The van der Waals surface area contributed by atoms with Gasteiger partial charge in [0.2, 0.25) is 17.2 Å². The predicted octanol–water partition coefficient (Wildman–Crippen LogP) is 5.67. The maximum Gasteiger partial charge on any atom is 0.419 e. The first-order valence-electron chi connectivity index (χ1n) is 10.1. The third-order valence-corrected chi connectivity index (χ3v) is 6.05. The summed E-state index contributed by atoms with van der Waals surface area (Å²) < 4.78 is 51.1. The minimum Gasteiger partial charge on any atom is -0.463 e. The van der Waals surface area contributed by atoms with E-state index in [1.54, 1.807) is 31.2 Å². The summed E-state index contributed by atoms with van der Waals surface area (Å²) in [5.74, 6) is -1.35. The van der Waals surface area contributed by atoms with Gasteiger partial charge < -0.3 is 10.1 Å². The molecule has 4 rings (SSSR count). The number of benzene rings is 2. The number of nitriles is 1. The normalized spacial score (nSPS) is 21.2. The average Bonchev–Trinajstić information content (AvgIpc) is 3.22. The number of aryl methyl sites for hydroxylation is 1. The number of alkyl halides is 3. The van der Waals surface area contributed by atoms with Crippen molar-refractivity contribution in [3.63, 3.8) is 0 Å². The summed E-state index contributed by atoms with van der Waals surface area (Å²) in [5, 5.41) is 12.1. The molecule has 0 unspecified atom stereocenters. The van der Waals surface area contributed by atoms with Crippen molar-refractivity contribution < 1.29 is 22.7 Å². The van der Waals surface area contributed by atoms with E-state index in [-0.39, 0.29) is 22.4 Å². The average molecular weight is 528 g/mol. The highest BCUT2D eigenvalue weighted by molar-refractivity contribution is 9.10. The molecule has 0 saturated carbocycles. The van der Waals surface area contributed by atoms with Crippen LogP contribution in [-0.2, 0) is 10.3 Å². The molecule has 0 radical (unpaired) electrons. The molecule has 3 aromatic rings. The Morgan fingerprint density at radius 3 is 2.35 bits per heavy atom. The van der Waals surface area contributed by atoms with E-state index in [0.717, 1.165) is 5.56 Å². The molecule has 5 nitrogen and oxygen atoms in total. The zero-order valence-corrected chi connectivity index (χ0v) is 19.3. The first-order valence-corrected chi connectivity index (χ1v) is 10.9. The summed E-state index contributed by atoms with van der Waals surface area (Å²) in [6.45, 7) is 1.74. The number of rotatable bonds is 4. The number of hydrogen-bond donors (Lipinski definition) is 1. The maximum absolute atomic E-state index is 14.9. The molecule has 1 N–H and O–H groups in total. The lowest BCUT2D eigenvalue weighted by molar-refractivity contribution is -0.204. The van der Waals surface area contributed by atoms with Crippen LogP contribution in [0.25, 0.3) is 5.57 Å². The number of hydrogen-bond acceptors (Lipinski definition) is 5. The number of halogens is 4. The van der Waals surface area contributed by atoms with E-state index in [0.29, 0.717) is 4.47 Å². The topological polar surface area (TPSA) is 75.0 Å². The summed E-state index contributed by atoms with van der Waals surface area (Å²) >= 11 is 3.25. The highest BCUT2D eigenvalue weighted by atomic mass is 79.9. The van der Waals surface area contributed by atoms with Gasteiger partial charge in [0.15, 0.2) is 6.10 Å². The molecule has 1 aliphatic rings. The molecule has 1 fully saturated rings. The van der Waals surface area contributed by atoms with Crippen LogP contribution in [0.1, 0.15) is 27.2 Å². The number of carbonyl (C=O) groups excluding carboxylic acids is 1. The van der Waals surface area contributed by atoms with Gasteiger partial charge >= 0.3 is 6.18 Å². The van der Waals surface area contributed by atoms with Crippen LogP contribution in [-0.4, -0.2) is 23.0 Å². The Hall–Kier alpha value is -3.64. The number of nitrogens with zero attached hydrogens (tertiary/aromatic N) is 2.